The molecule has 1 fully saturated rings. The fraction of sp³-hybridized carbons (Fsp3) is 0.519. The lowest BCUT2D eigenvalue weighted by Gasteiger charge is -2.38. The first kappa shape index (κ1) is 24.4. The molecule has 0 aromatic heterocycles. The molecule has 3 rings (SSSR count). The minimum absolute atomic E-state index is 0.0479. The third-order valence-corrected chi connectivity index (χ3v) is 6.93. The van der Waals surface area contributed by atoms with Gasteiger partial charge >= 0.3 is 5.97 Å². The van der Waals surface area contributed by atoms with Gasteiger partial charge in [-0.05, 0) is 55.5 Å². The molecule has 1 aliphatic heterocycles. The summed E-state index contributed by atoms with van der Waals surface area (Å²) in [6.07, 6.45) is 1.58. The average molecular weight is 441 g/mol. The summed E-state index contributed by atoms with van der Waals surface area (Å²) in [5.74, 6) is -0.478. The highest BCUT2D eigenvalue weighted by atomic mass is 19.1. The summed E-state index contributed by atoms with van der Waals surface area (Å²) in [5, 5.41) is 0. The van der Waals surface area contributed by atoms with Gasteiger partial charge in [-0.2, -0.15) is 0 Å². The Bertz CT molecular complexity index is 858. The number of methoxy groups -OCH3 is 1. The molecule has 0 spiro atoms. The van der Waals surface area contributed by atoms with Crippen LogP contribution in [0.5, 0.6) is 0 Å². The zero-order chi connectivity index (χ0) is 23.1. The van der Waals surface area contributed by atoms with Crippen LogP contribution in [0, 0.1) is 18.7 Å². The second-order valence-electron chi connectivity index (χ2n) is 9.33. The van der Waals surface area contributed by atoms with Crippen molar-refractivity contribution in [1.29, 1.82) is 0 Å². The van der Waals surface area contributed by atoms with E-state index in [4.69, 9.17) is 4.74 Å². The number of nitrogens with zero attached hydrogens (tertiary/aromatic N) is 2. The summed E-state index contributed by atoms with van der Waals surface area (Å²) >= 11 is 0. The molecular weight excluding hydrogens is 403 g/mol. The normalized spacial score (nSPS) is 17.3. The highest BCUT2D eigenvalue weighted by molar-refractivity contribution is 5.83. The van der Waals surface area contributed by atoms with Crippen molar-refractivity contribution in [2.45, 2.75) is 45.6 Å². The molecule has 0 saturated carbocycles. The Morgan fingerprint density at radius 1 is 1.00 bits per heavy atom. The van der Waals surface area contributed by atoms with Crippen LogP contribution in [0.4, 0.5) is 4.39 Å². The Labute approximate surface area is 192 Å². The van der Waals surface area contributed by atoms with Crippen molar-refractivity contribution in [3.05, 3.63) is 71.0 Å². The lowest BCUT2D eigenvalue weighted by atomic mass is 9.68. The molecule has 1 atom stereocenters. The number of hydrogen-bond donors (Lipinski definition) is 0. The molecule has 1 saturated heterocycles. The van der Waals surface area contributed by atoms with E-state index < -0.39 is 5.41 Å². The van der Waals surface area contributed by atoms with Crippen molar-refractivity contribution in [3.8, 4) is 0 Å². The molecule has 1 unspecified atom stereocenters. The first-order chi connectivity index (χ1) is 15.3. The second kappa shape index (κ2) is 11.1. The van der Waals surface area contributed by atoms with Crippen LogP contribution in [0.15, 0.2) is 48.5 Å². The van der Waals surface area contributed by atoms with Gasteiger partial charge in [0.25, 0.3) is 0 Å². The van der Waals surface area contributed by atoms with E-state index in [2.05, 4.69) is 41.0 Å². The Hall–Kier alpha value is -2.24. The van der Waals surface area contributed by atoms with Crippen molar-refractivity contribution in [2.75, 3.05) is 39.8 Å². The first-order valence-electron chi connectivity index (χ1n) is 11.7. The number of piperazine rings is 1. The van der Waals surface area contributed by atoms with Crippen LogP contribution in [0.25, 0.3) is 0 Å². The predicted octanol–water partition coefficient (Wildman–Crippen LogP) is 4.80. The van der Waals surface area contributed by atoms with Gasteiger partial charge in [-0.15, -0.1) is 0 Å². The number of halogens is 1. The highest BCUT2D eigenvalue weighted by Gasteiger charge is 2.44. The second-order valence-corrected chi connectivity index (χ2v) is 9.33. The minimum Gasteiger partial charge on any atom is -0.468 e. The molecule has 5 heteroatoms. The highest BCUT2D eigenvalue weighted by Crippen LogP contribution is 2.38. The molecule has 0 bridgehead atoms. The quantitative estimate of drug-likeness (QED) is 0.525. The van der Waals surface area contributed by atoms with E-state index in [9.17, 15) is 9.18 Å². The smallest absolute Gasteiger partial charge is 0.316 e. The predicted molar refractivity (Wildman–Crippen MR) is 127 cm³/mol. The van der Waals surface area contributed by atoms with Crippen molar-refractivity contribution in [1.82, 2.24) is 9.80 Å². The fourth-order valence-electron chi connectivity index (χ4n) is 4.86. The van der Waals surface area contributed by atoms with Crippen molar-refractivity contribution < 1.29 is 13.9 Å². The van der Waals surface area contributed by atoms with E-state index in [-0.39, 0.29) is 17.7 Å². The summed E-state index contributed by atoms with van der Waals surface area (Å²) in [6.45, 7) is 12.3. The Morgan fingerprint density at radius 2 is 1.59 bits per heavy atom. The van der Waals surface area contributed by atoms with Crippen molar-refractivity contribution >= 4 is 5.97 Å². The van der Waals surface area contributed by atoms with Gasteiger partial charge in [0.2, 0.25) is 0 Å². The molecule has 0 radical (unpaired) electrons. The summed E-state index contributed by atoms with van der Waals surface area (Å²) in [4.78, 5) is 17.9. The van der Waals surface area contributed by atoms with Gasteiger partial charge in [-0.3, -0.25) is 9.69 Å². The van der Waals surface area contributed by atoms with Gasteiger partial charge in [-0.1, -0.05) is 55.8 Å². The monoisotopic (exact) mass is 440 g/mol. The van der Waals surface area contributed by atoms with Crippen molar-refractivity contribution in [2.24, 2.45) is 5.92 Å². The number of esters is 1. The molecule has 32 heavy (non-hydrogen) atoms. The summed E-state index contributed by atoms with van der Waals surface area (Å²) in [7, 11) is 1.44. The Balaban J connectivity index is 1.56. The zero-order valence-electron chi connectivity index (χ0n) is 19.9. The number of rotatable bonds is 9. The molecule has 0 aliphatic carbocycles. The maximum absolute atomic E-state index is 13.5. The van der Waals surface area contributed by atoms with Crippen LogP contribution < -0.4 is 0 Å². The summed E-state index contributed by atoms with van der Waals surface area (Å²) < 4.78 is 18.7. The zero-order valence-corrected chi connectivity index (χ0v) is 19.9. The van der Waals surface area contributed by atoms with Gasteiger partial charge < -0.3 is 9.64 Å². The average Bonchev–Trinajstić information content (AvgIpc) is 2.79. The van der Waals surface area contributed by atoms with Gasteiger partial charge in [-0.25, -0.2) is 4.39 Å². The molecule has 1 heterocycles. The topological polar surface area (TPSA) is 32.8 Å². The number of benzene rings is 2. The molecule has 174 valence electrons. The number of carbonyl (C=O) groups is 1. The van der Waals surface area contributed by atoms with Gasteiger partial charge in [0.05, 0.1) is 12.5 Å². The van der Waals surface area contributed by atoms with E-state index >= 15 is 0 Å². The number of ether oxygens (including phenoxy) is 1. The molecular formula is C27H37FN2O2. The molecule has 2 aromatic carbocycles. The number of hydrogen-bond acceptors (Lipinski definition) is 4. The van der Waals surface area contributed by atoms with Gasteiger partial charge in [0.1, 0.15) is 5.82 Å². The molecule has 4 nitrogen and oxygen atoms in total. The lowest BCUT2D eigenvalue weighted by molar-refractivity contribution is -0.150. The van der Waals surface area contributed by atoms with Crippen LogP contribution in [-0.4, -0.2) is 55.6 Å². The summed E-state index contributed by atoms with van der Waals surface area (Å²) in [6, 6.07) is 15.1. The maximum Gasteiger partial charge on any atom is 0.316 e. The Morgan fingerprint density at radius 3 is 2.16 bits per heavy atom. The SMILES string of the molecule is COC(=O)C(CCCN1CCN(Cc2ccc(C)cc2)CC1)(c1ccc(F)cc1)C(C)C. The standard InChI is InChI=1S/C27H37FN2O2/c1-21(2)27(26(31)32-4,24-10-12-25(28)13-11-24)14-5-15-29-16-18-30(19-17-29)20-23-8-6-22(3)7-9-23/h6-13,21H,5,14-20H2,1-4H3. The van der Waals surface area contributed by atoms with Crippen LogP contribution in [0.2, 0.25) is 0 Å². The largest absolute Gasteiger partial charge is 0.468 e. The van der Waals surface area contributed by atoms with Crippen LogP contribution >= 0.6 is 0 Å². The first-order valence-corrected chi connectivity index (χ1v) is 11.7. The van der Waals surface area contributed by atoms with E-state index in [0.29, 0.717) is 6.42 Å². The van der Waals surface area contributed by atoms with Crippen LogP contribution in [0.1, 0.15) is 43.4 Å². The molecule has 0 amide bonds. The lowest BCUT2D eigenvalue weighted by Crippen LogP contribution is -2.47. The summed E-state index contributed by atoms with van der Waals surface area (Å²) in [5.41, 5.74) is 2.74. The Kier molecular flexibility index (Phi) is 8.44. The third kappa shape index (κ3) is 5.76. The number of carbonyl (C=O) groups excluding carboxylic acids is 1. The van der Waals surface area contributed by atoms with Gasteiger partial charge in [0, 0.05) is 32.7 Å². The van der Waals surface area contributed by atoms with E-state index in [1.807, 2.05) is 13.8 Å². The van der Waals surface area contributed by atoms with Gasteiger partial charge in [0.15, 0.2) is 0 Å². The third-order valence-electron chi connectivity index (χ3n) is 6.93. The maximum atomic E-state index is 13.5. The van der Waals surface area contributed by atoms with Crippen molar-refractivity contribution in [3.63, 3.8) is 0 Å². The molecule has 2 aromatic rings. The minimum atomic E-state index is -0.754. The van der Waals surface area contributed by atoms with E-state index in [0.717, 1.165) is 51.3 Å². The van der Waals surface area contributed by atoms with E-state index in [1.54, 1.807) is 12.1 Å². The molecule has 1 aliphatic rings. The number of aryl methyl sites for hydroxylation is 1. The fourth-order valence-corrected chi connectivity index (χ4v) is 4.86. The van der Waals surface area contributed by atoms with Crippen LogP contribution in [-0.2, 0) is 21.5 Å². The van der Waals surface area contributed by atoms with Crippen LogP contribution in [0.3, 0.4) is 0 Å². The molecule has 0 N–H and O–H groups in total. The van der Waals surface area contributed by atoms with E-state index in [1.165, 1.54) is 30.4 Å².